The van der Waals surface area contributed by atoms with Crippen LogP contribution in [0.15, 0.2) is 42.5 Å². The van der Waals surface area contributed by atoms with Crippen LogP contribution in [0, 0.1) is 0 Å². The van der Waals surface area contributed by atoms with E-state index in [4.69, 9.17) is 0 Å². The van der Waals surface area contributed by atoms with Crippen LogP contribution in [0.2, 0.25) is 0 Å². The molecule has 1 aliphatic carbocycles. The van der Waals surface area contributed by atoms with Crippen molar-refractivity contribution in [3.05, 3.63) is 53.6 Å². The summed E-state index contributed by atoms with van der Waals surface area (Å²) in [6, 6.07) is 15.9. The van der Waals surface area contributed by atoms with E-state index in [0.717, 1.165) is 0 Å². The average Bonchev–Trinajstić information content (AvgIpc) is 2.68. The monoisotopic (exact) mass is 234 g/mol. The minimum atomic E-state index is 0.234. The second-order valence-corrected chi connectivity index (χ2v) is 5.38. The summed E-state index contributed by atoms with van der Waals surface area (Å²) in [4.78, 5) is 0. The van der Waals surface area contributed by atoms with Gasteiger partial charge in [0.15, 0.2) is 0 Å². The molecule has 2 aromatic carbocycles. The van der Waals surface area contributed by atoms with Crippen LogP contribution in [0.25, 0.3) is 11.1 Å². The Labute approximate surface area is 110 Å². The molecule has 90 valence electrons. The van der Waals surface area contributed by atoms with Crippen molar-refractivity contribution < 1.29 is 0 Å². The topological polar surface area (TPSA) is 0 Å². The third-order valence-corrected chi connectivity index (χ3v) is 4.63. The summed E-state index contributed by atoms with van der Waals surface area (Å²) in [5.74, 6) is 0. The predicted octanol–water partition coefficient (Wildman–Crippen LogP) is 3.03. The Hall–Kier alpha value is -1.50. The second kappa shape index (κ2) is 4.01. The zero-order chi connectivity index (χ0) is 12.8. The summed E-state index contributed by atoms with van der Waals surface area (Å²) in [5.41, 5.74) is 7.55. The molecule has 0 saturated carbocycles. The van der Waals surface area contributed by atoms with Crippen LogP contribution >= 0.6 is 0 Å². The summed E-state index contributed by atoms with van der Waals surface area (Å²) in [6.45, 7) is 4.63. The van der Waals surface area contributed by atoms with E-state index < -0.39 is 0 Å². The molecule has 0 unspecified atom stereocenters. The Bertz CT molecular complexity index is 594. The van der Waals surface area contributed by atoms with Gasteiger partial charge < -0.3 is 0 Å². The molecule has 0 nitrogen and oxygen atoms in total. The average molecular weight is 234 g/mol. The largest absolute Gasteiger partial charge is 0.139 e. The van der Waals surface area contributed by atoms with E-state index in [1.807, 2.05) is 0 Å². The van der Waals surface area contributed by atoms with E-state index in [9.17, 15) is 0 Å². The van der Waals surface area contributed by atoms with Crippen LogP contribution in [0.3, 0.4) is 0 Å². The maximum absolute atomic E-state index is 2.39. The van der Waals surface area contributed by atoms with Gasteiger partial charge in [0, 0.05) is 5.41 Å². The van der Waals surface area contributed by atoms with E-state index in [2.05, 4.69) is 64.2 Å². The van der Waals surface area contributed by atoms with Crippen LogP contribution in [-0.2, 0) is 5.41 Å². The highest BCUT2D eigenvalue weighted by Gasteiger charge is 2.39. The minimum absolute atomic E-state index is 0.234. The van der Waals surface area contributed by atoms with Gasteiger partial charge in [-0.15, -0.1) is 0 Å². The fourth-order valence-electron chi connectivity index (χ4n) is 3.58. The van der Waals surface area contributed by atoms with Gasteiger partial charge in [-0.25, -0.2) is 0 Å². The van der Waals surface area contributed by atoms with Gasteiger partial charge >= 0.3 is 0 Å². The Kier molecular flexibility index (Phi) is 2.58. The lowest BCUT2D eigenvalue weighted by atomic mass is 9.73. The van der Waals surface area contributed by atoms with Gasteiger partial charge in [0.1, 0.15) is 7.85 Å². The number of hydrogen-bond acceptors (Lipinski definition) is 0. The van der Waals surface area contributed by atoms with Crippen molar-refractivity contribution in [2.75, 3.05) is 0 Å². The second-order valence-electron chi connectivity index (χ2n) is 5.38. The number of fused-ring (bicyclic) bond motifs is 3. The molecular weight excluding hydrogens is 215 g/mol. The molecular formula is C17H19B. The Balaban J connectivity index is 2.38. The maximum Gasteiger partial charge on any atom is 0.139 e. The molecule has 0 aromatic heterocycles. The first-order chi connectivity index (χ1) is 8.73. The highest BCUT2D eigenvalue weighted by Crippen LogP contribution is 2.51. The fourth-order valence-corrected chi connectivity index (χ4v) is 3.58. The molecule has 0 bridgehead atoms. The van der Waals surface area contributed by atoms with Gasteiger partial charge in [0.2, 0.25) is 0 Å². The molecule has 0 atom stereocenters. The van der Waals surface area contributed by atoms with E-state index in [1.165, 1.54) is 40.6 Å². The van der Waals surface area contributed by atoms with Crippen molar-refractivity contribution in [2.24, 2.45) is 0 Å². The van der Waals surface area contributed by atoms with Gasteiger partial charge in [0.05, 0.1) is 0 Å². The molecule has 1 heteroatoms. The molecule has 0 amide bonds. The molecule has 0 saturated heterocycles. The lowest BCUT2D eigenvalue weighted by Gasteiger charge is -2.29. The summed E-state index contributed by atoms with van der Waals surface area (Å²) >= 11 is 0. The first-order valence-corrected chi connectivity index (χ1v) is 6.94. The van der Waals surface area contributed by atoms with E-state index >= 15 is 0 Å². The Morgan fingerprint density at radius 2 is 1.56 bits per heavy atom. The Morgan fingerprint density at radius 1 is 0.889 bits per heavy atom. The van der Waals surface area contributed by atoms with Gasteiger partial charge in [-0.05, 0) is 35.1 Å². The van der Waals surface area contributed by atoms with Gasteiger partial charge in [-0.2, -0.15) is 0 Å². The minimum Gasteiger partial charge on any atom is -0.0886 e. The molecule has 0 fully saturated rings. The van der Waals surface area contributed by atoms with E-state index in [1.54, 1.807) is 0 Å². The number of rotatable bonds is 2. The Morgan fingerprint density at radius 3 is 2.28 bits per heavy atom. The highest BCUT2D eigenvalue weighted by molar-refractivity contribution is 6.32. The fraction of sp³-hybridized carbons (Fsp3) is 0.294. The lowest BCUT2D eigenvalue weighted by molar-refractivity contribution is 0.491. The third-order valence-electron chi connectivity index (χ3n) is 4.63. The molecule has 0 radical (unpaired) electrons. The SMILES string of the molecule is Bc1ccc2c(c1)C(CC)(CC)c1ccccc1-2. The van der Waals surface area contributed by atoms with Gasteiger partial charge in [-0.3, -0.25) is 0 Å². The smallest absolute Gasteiger partial charge is 0.0886 e. The van der Waals surface area contributed by atoms with Crippen LogP contribution in [-0.4, -0.2) is 7.85 Å². The molecule has 0 N–H and O–H groups in total. The summed E-state index contributed by atoms with van der Waals surface area (Å²) < 4.78 is 0. The molecule has 0 heterocycles. The quantitative estimate of drug-likeness (QED) is 0.700. The van der Waals surface area contributed by atoms with Crippen molar-refractivity contribution in [2.45, 2.75) is 32.1 Å². The summed E-state index contributed by atoms with van der Waals surface area (Å²) in [5, 5.41) is 0. The van der Waals surface area contributed by atoms with Gasteiger partial charge in [-0.1, -0.05) is 61.8 Å². The van der Waals surface area contributed by atoms with E-state index in [0.29, 0.717) is 0 Å². The van der Waals surface area contributed by atoms with Crippen molar-refractivity contribution in [3.63, 3.8) is 0 Å². The molecule has 18 heavy (non-hydrogen) atoms. The number of hydrogen-bond donors (Lipinski definition) is 0. The molecule has 0 aliphatic heterocycles. The molecule has 2 aromatic rings. The normalized spacial score (nSPS) is 15.2. The van der Waals surface area contributed by atoms with Crippen LogP contribution in [0.5, 0.6) is 0 Å². The number of benzene rings is 2. The van der Waals surface area contributed by atoms with Crippen molar-refractivity contribution in [3.8, 4) is 11.1 Å². The first kappa shape index (κ1) is 11.6. The lowest BCUT2D eigenvalue weighted by Crippen LogP contribution is -2.24. The molecule has 3 rings (SSSR count). The highest BCUT2D eigenvalue weighted by atomic mass is 14.4. The van der Waals surface area contributed by atoms with E-state index in [-0.39, 0.29) is 5.41 Å². The standard InChI is InChI=1S/C17H19B/c1-3-17(4-2)15-8-6-5-7-13(15)14-10-9-12(18)11-16(14)17/h5-11H,3-4,18H2,1-2H3. The first-order valence-electron chi connectivity index (χ1n) is 6.94. The van der Waals surface area contributed by atoms with Crippen molar-refractivity contribution in [1.29, 1.82) is 0 Å². The van der Waals surface area contributed by atoms with Crippen molar-refractivity contribution >= 4 is 13.3 Å². The van der Waals surface area contributed by atoms with Crippen LogP contribution in [0.4, 0.5) is 0 Å². The predicted molar refractivity (Wildman–Crippen MR) is 81.4 cm³/mol. The van der Waals surface area contributed by atoms with Crippen LogP contribution < -0.4 is 5.46 Å². The van der Waals surface area contributed by atoms with Gasteiger partial charge in [0.25, 0.3) is 0 Å². The van der Waals surface area contributed by atoms with Crippen LogP contribution in [0.1, 0.15) is 37.8 Å². The third kappa shape index (κ3) is 1.34. The zero-order valence-corrected chi connectivity index (χ0v) is 11.5. The van der Waals surface area contributed by atoms with Crippen molar-refractivity contribution in [1.82, 2.24) is 0 Å². The summed E-state index contributed by atoms with van der Waals surface area (Å²) in [6.07, 6.45) is 2.36. The summed E-state index contributed by atoms with van der Waals surface area (Å²) in [7, 11) is 2.19. The molecule has 1 aliphatic rings. The zero-order valence-electron chi connectivity index (χ0n) is 11.5. The molecule has 0 spiro atoms. The maximum atomic E-state index is 2.39.